The maximum absolute atomic E-state index is 12.5. The molecule has 0 spiro atoms. The third-order valence-electron chi connectivity index (χ3n) is 3.47. The molecule has 2 rings (SSSR count). The van der Waals surface area contributed by atoms with Gasteiger partial charge in [0.1, 0.15) is 0 Å². The molecule has 1 saturated heterocycles. The highest BCUT2D eigenvalue weighted by atomic mass is 16.5. The number of amides is 1. The van der Waals surface area contributed by atoms with E-state index < -0.39 is 0 Å². The van der Waals surface area contributed by atoms with Gasteiger partial charge in [0.15, 0.2) is 0 Å². The van der Waals surface area contributed by atoms with Crippen LogP contribution in [0.15, 0.2) is 24.3 Å². The van der Waals surface area contributed by atoms with Gasteiger partial charge in [-0.25, -0.2) is 0 Å². The molecule has 1 fully saturated rings. The molecule has 1 unspecified atom stereocenters. The Morgan fingerprint density at radius 1 is 1.35 bits per heavy atom. The van der Waals surface area contributed by atoms with Crippen molar-refractivity contribution in [2.24, 2.45) is 0 Å². The molecule has 110 valence electrons. The Kier molecular flexibility index (Phi) is 4.65. The minimum absolute atomic E-state index is 0.0400. The number of nitrogens with one attached hydrogen (secondary N) is 2. The first-order valence-corrected chi connectivity index (χ1v) is 7.26. The van der Waals surface area contributed by atoms with Crippen LogP contribution >= 0.6 is 0 Å². The van der Waals surface area contributed by atoms with Crippen molar-refractivity contribution >= 4 is 11.6 Å². The maximum atomic E-state index is 12.5. The zero-order valence-electron chi connectivity index (χ0n) is 12.5. The van der Waals surface area contributed by atoms with Crippen molar-refractivity contribution in [3.05, 3.63) is 29.8 Å². The summed E-state index contributed by atoms with van der Waals surface area (Å²) in [6, 6.07) is 7.91. The van der Waals surface area contributed by atoms with Crippen LogP contribution in [0.4, 0.5) is 5.69 Å². The number of para-hydroxylation sites is 1. The molecular formula is C16H24N2O2. The highest BCUT2D eigenvalue weighted by molar-refractivity contribution is 6.00. The number of hydrogen-bond acceptors (Lipinski definition) is 3. The van der Waals surface area contributed by atoms with E-state index in [0.29, 0.717) is 12.2 Å². The Morgan fingerprint density at radius 2 is 2.10 bits per heavy atom. The molecule has 0 bridgehead atoms. The molecule has 0 aromatic heterocycles. The van der Waals surface area contributed by atoms with E-state index in [4.69, 9.17) is 4.74 Å². The van der Waals surface area contributed by atoms with E-state index in [0.717, 1.165) is 25.1 Å². The fourth-order valence-corrected chi connectivity index (χ4v) is 2.49. The van der Waals surface area contributed by atoms with Crippen LogP contribution in [0.1, 0.15) is 44.0 Å². The van der Waals surface area contributed by atoms with Crippen LogP contribution in [-0.2, 0) is 4.74 Å². The van der Waals surface area contributed by atoms with E-state index in [-0.39, 0.29) is 17.5 Å². The van der Waals surface area contributed by atoms with Crippen molar-refractivity contribution in [2.45, 2.75) is 45.2 Å². The van der Waals surface area contributed by atoms with E-state index in [1.54, 1.807) is 0 Å². The van der Waals surface area contributed by atoms with Crippen molar-refractivity contribution in [1.29, 1.82) is 0 Å². The minimum Gasteiger partial charge on any atom is -0.382 e. The Morgan fingerprint density at radius 3 is 2.75 bits per heavy atom. The zero-order chi connectivity index (χ0) is 14.6. The van der Waals surface area contributed by atoms with Gasteiger partial charge in [-0.05, 0) is 45.7 Å². The van der Waals surface area contributed by atoms with Gasteiger partial charge in [0.05, 0.1) is 17.7 Å². The first-order chi connectivity index (χ1) is 9.50. The molecule has 1 aliphatic heterocycles. The van der Waals surface area contributed by atoms with Crippen LogP contribution in [0.25, 0.3) is 0 Å². The van der Waals surface area contributed by atoms with Gasteiger partial charge >= 0.3 is 0 Å². The molecule has 0 aliphatic carbocycles. The summed E-state index contributed by atoms with van der Waals surface area (Å²) < 4.78 is 5.49. The van der Waals surface area contributed by atoms with Crippen LogP contribution in [-0.4, -0.2) is 30.7 Å². The smallest absolute Gasteiger partial charge is 0.253 e. The van der Waals surface area contributed by atoms with Crippen molar-refractivity contribution in [3.8, 4) is 0 Å². The summed E-state index contributed by atoms with van der Waals surface area (Å²) in [6.07, 6.45) is 1.95. The molecule has 2 N–H and O–H groups in total. The van der Waals surface area contributed by atoms with Crippen LogP contribution < -0.4 is 10.6 Å². The lowest BCUT2D eigenvalue weighted by molar-refractivity contribution is 0.0273. The van der Waals surface area contributed by atoms with Gasteiger partial charge in [-0.3, -0.25) is 4.79 Å². The molecule has 1 aromatic rings. The van der Waals surface area contributed by atoms with E-state index in [1.807, 2.05) is 31.2 Å². The molecule has 1 atom stereocenters. The molecular weight excluding hydrogens is 252 g/mol. The molecule has 1 aliphatic rings. The second-order valence-electron chi connectivity index (χ2n) is 6.02. The number of carbonyl (C=O) groups is 1. The van der Waals surface area contributed by atoms with Gasteiger partial charge < -0.3 is 15.4 Å². The molecule has 4 nitrogen and oxygen atoms in total. The summed E-state index contributed by atoms with van der Waals surface area (Å²) in [5.41, 5.74) is 1.30. The SMILES string of the molecule is CC(C)Nc1ccccc1C(=O)NC1(C)CCCOC1. The van der Waals surface area contributed by atoms with Crippen LogP contribution in [0.2, 0.25) is 0 Å². The number of rotatable bonds is 4. The zero-order valence-corrected chi connectivity index (χ0v) is 12.5. The Hall–Kier alpha value is -1.55. The van der Waals surface area contributed by atoms with Gasteiger partial charge in [-0.15, -0.1) is 0 Å². The Balaban J connectivity index is 2.12. The molecule has 1 aromatic carbocycles. The highest BCUT2D eigenvalue weighted by Crippen LogP contribution is 2.21. The van der Waals surface area contributed by atoms with E-state index >= 15 is 0 Å². The largest absolute Gasteiger partial charge is 0.382 e. The molecule has 0 saturated carbocycles. The Bertz CT molecular complexity index is 465. The lowest BCUT2D eigenvalue weighted by Crippen LogP contribution is -2.51. The number of carbonyl (C=O) groups excluding carboxylic acids is 1. The topological polar surface area (TPSA) is 50.4 Å². The number of hydrogen-bond donors (Lipinski definition) is 2. The Labute approximate surface area is 120 Å². The second kappa shape index (κ2) is 6.27. The predicted molar refractivity (Wildman–Crippen MR) is 81.1 cm³/mol. The monoisotopic (exact) mass is 276 g/mol. The van der Waals surface area contributed by atoms with Crippen molar-refractivity contribution in [3.63, 3.8) is 0 Å². The van der Waals surface area contributed by atoms with E-state index in [9.17, 15) is 4.79 Å². The van der Waals surface area contributed by atoms with Gasteiger partial charge in [0.25, 0.3) is 5.91 Å². The van der Waals surface area contributed by atoms with Gasteiger partial charge in [-0.1, -0.05) is 12.1 Å². The molecule has 1 heterocycles. The van der Waals surface area contributed by atoms with E-state index in [2.05, 4.69) is 24.5 Å². The third-order valence-corrected chi connectivity index (χ3v) is 3.47. The van der Waals surface area contributed by atoms with Gasteiger partial charge in [0.2, 0.25) is 0 Å². The lowest BCUT2D eigenvalue weighted by atomic mass is 9.94. The summed E-state index contributed by atoms with van der Waals surface area (Å²) in [5, 5.41) is 6.43. The minimum atomic E-state index is -0.264. The van der Waals surface area contributed by atoms with Crippen LogP contribution in [0.5, 0.6) is 0 Å². The quantitative estimate of drug-likeness (QED) is 0.889. The molecule has 4 heteroatoms. The summed E-state index contributed by atoms with van der Waals surface area (Å²) in [6.45, 7) is 7.54. The van der Waals surface area contributed by atoms with Crippen molar-refractivity contribution < 1.29 is 9.53 Å². The maximum Gasteiger partial charge on any atom is 0.253 e. The van der Waals surface area contributed by atoms with Gasteiger partial charge in [-0.2, -0.15) is 0 Å². The first-order valence-electron chi connectivity index (χ1n) is 7.26. The highest BCUT2D eigenvalue weighted by Gasteiger charge is 2.30. The molecule has 20 heavy (non-hydrogen) atoms. The van der Waals surface area contributed by atoms with Crippen LogP contribution in [0, 0.1) is 0 Å². The lowest BCUT2D eigenvalue weighted by Gasteiger charge is -2.34. The average Bonchev–Trinajstić information content (AvgIpc) is 2.38. The fourth-order valence-electron chi connectivity index (χ4n) is 2.49. The number of anilines is 1. The standard InChI is InChI=1S/C16H24N2O2/c1-12(2)17-14-8-5-4-7-13(14)15(19)18-16(3)9-6-10-20-11-16/h4-5,7-8,12,17H,6,9-11H2,1-3H3,(H,18,19). The van der Waals surface area contributed by atoms with Crippen molar-refractivity contribution in [2.75, 3.05) is 18.5 Å². The number of benzene rings is 1. The third kappa shape index (κ3) is 3.73. The normalized spacial score (nSPS) is 22.6. The van der Waals surface area contributed by atoms with Crippen LogP contribution in [0.3, 0.4) is 0 Å². The summed E-state index contributed by atoms with van der Waals surface area (Å²) in [5.74, 6) is -0.0400. The first kappa shape index (κ1) is 14.9. The predicted octanol–water partition coefficient (Wildman–Crippen LogP) is 2.81. The summed E-state index contributed by atoms with van der Waals surface area (Å²) in [4.78, 5) is 12.5. The average molecular weight is 276 g/mol. The van der Waals surface area contributed by atoms with Crippen molar-refractivity contribution in [1.82, 2.24) is 5.32 Å². The fraction of sp³-hybridized carbons (Fsp3) is 0.562. The molecule has 1 amide bonds. The second-order valence-corrected chi connectivity index (χ2v) is 6.02. The van der Waals surface area contributed by atoms with Gasteiger partial charge in [0, 0.05) is 18.3 Å². The van der Waals surface area contributed by atoms with E-state index in [1.165, 1.54) is 0 Å². The number of ether oxygens (including phenoxy) is 1. The summed E-state index contributed by atoms with van der Waals surface area (Å²) >= 11 is 0. The summed E-state index contributed by atoms with van der Waals surface area (Å²) in [7, 11) is 0. The molecule has 0 radical (unpaired) electrons.